The Hall–Kier alpha value is -3.58. The number of hydrogen-bond donors (Lipinski definition) is 1. The molecular formula is C22H17ClFN5O. The highest BCUT2D eigenvalue weighted by molar-refractivity contribution is 6.31. The summed E-state index contributed by atoms with van der Waals surface area (Å²) >= 11 is 6.17. The molecule has 0 aliphatic carbocycles. The molecule has 0 saturated carbocycles. The molecule has 0 bridgehead atoms. The van der Waals surface area contributed by atoms with E-state index in [2.05, 4.69) is 20.6 Å². The summed E-state index contributed by atoms with van der Waals surface area (Å²) in [6.45, 7) is 1.87. The molecule has 4 aromatic rings. The van der Waals surface area contributed by atoms with E-state index in [0.29, 0.717) is 27.7 Å². The molecule has 2 heterocycles. The predicted molar refractivity (Wildman–Crippen MR) is 112 cm³/mol. The summed E-state index contributed by atoms with van der Waals surface area (Å²) in [5.41, 5.74) is 2.61. The van der Waals surface area contributed by atoms with Gasteiger partial charge in [-0.05, 0) is 42.8 Å². The summed E-state index contributed by atoms with van der Waals surface area (Å²) in [5, 5.41) is 11.6. The highest BCUT2D eigenvalue weighted by atomic mass is 35.5. The number of amides is 1. The fraction of sp³-hybridized carbons (Fsp3) is 0.0909. The first-order valence-electron chi connectivity index (χ1n) is 9.20. The minimum Gasteiger partial charge on any atom is -0.346 e. The van der Waals surface area contributed by atoms with Gasteiger partial charge in [0.1, 0.15) is 11.5 Å². The van der Waals surface area contributed by atoms with Crippen molar-refractivity contribution < 1.29 is 9.18 Å². The van der Waals surface area contributed by atoms with Crippen LogP contribution in [0.4, 0.5) is 4.39 Å². The zero-order valence-electron chi connectivity index (χ0n) is 16.0. The smallest absolute Gasteiger partial charge is 0.274 e. The van der Waals surface area contributed by atoms with Gasteiger partial charge in [-0.3, -0.25) is 9.78 Å². The molecule has 0 atom stereocenters. The maximum absolute atomic E-state index is 14.1. The molecule has 0 saturated heterocycles. The van der Waals surface area contributed by atoms with Gasteiger partial charge in [0.15, 0.2) is 5.69 Å². The first-order chi connectivity index (χ1) is 14.6. The molecule has 2 aromatic carbocycles. The van der Waals surface area contributed by atoms with E-state index >= 15 is 0 Å². The van der Waals surface area contributed by atoms with Crippen LogP contribution in [0.5, 0.6) is 0 Å². The van der Waals surface area contributed by atoms with Crippen molar-refractivity contribution in [3.8, 4) is 17.1 Å². The third-order valence-corrected chi connectivity index (χ3v) is 5.03. The highest BCUT2D eigenvalue weighted by Crippen LogP contribution is 2.26. The number of hydrogen-bond acceptors (Lipinski definition) is 4. The maximum atomic E-state index is 14.1. The van der Waals surface area contributed by atoms with Crippen LogP contribution >= 0.6 is 11.6 Å². The van der Waals surface area contributed by atoms with E-state index in [1.165, 1.54) is 10.7 Å². The van der Waals surface area contributed by atoms with Gasteiger partial charge in [-0.1, -0.05) is 47.1 Å². The van der Waals surface area contributed by atoms with Crippen LogP contribution in [0.1, 0.15) is 21.6 Å². The van der Waals surface area contributed by atoms with Gasteiger partial charge in [-0.15, -0.1) is 5.10 Å². The van der Waals surface area contributed by atoms with Crippen LogP contribution in [0.15, 0.2) is 66.9 Å². The lowest BCUT2D eigenvalue weighted by molar-refractivity contribution is 0.0946. The monoisotopic (exact) mass is 421 g/mol. The molecule has 2 aromatic heterocycles. The minimum atomic E-state index is -0.434. The van der Waals surface area contributed by atoms with Crippen molar-refractivity contribution in [2.24, 2.45) is 0 Å². The number of pyridine rings is 1. The van der Waals surface area contributed by atoms with Gasteiger partial charge in [-0.25, -0.2) is 9.07 Å². The Morgan fingerprint density at radius 1 is 1.10 bits per heavy atom. The molecule has 0 fully saturated rings. The Balaban J connectivity index is 1.75. The van der Waals surface area contributed by atoms with Crippen molar-refractivity contribution in [1.29, 1.82) is 0 Å². The fourth-order valence-corrected chi connectivity index (χ4v) is 3.27. The SMILES string of the molecule is Cc1c(F)cccc1-n1nnc(C(=O)NCc2ccccc2Cl)c1-c1ccccn1. The Bertz CT molecular complexity index is 1210. The van der Waals surface area contributed by atoms with Crippen molar-refractivity contribution in [3.63, 3.8) is 0 Å². The Labute approximate surface area is 177 Å². The molecule has 0 radical (unpaired) electrons. The molecule has 0 aliphatic rings. The number of carbonyl (C=O) groups is 1. The van der Waals surface area contributed by atoms with Crippen molar-refractivity contribution in [2.45, 2.75) is 13.5 Å². The van der Waals surface area contributed by atoms with Gasteiger partial charge < -0.3 is 5.32 Å². The Kier molecular flexibility index (Phi) is 5.54. The van der Waals surface area contributed by atoms with Crippen LogP contribution in [-0.2, 0) is 6.54 Å². The molecule has 1 amide bonds. The zero-order chi connectivity index (χ0) is 21.1. The largest absolute Gasteiger partial charge is 0.346 e. The second-order valence-corrected chi connectivity index (χ2v) is 6.98. The standard InChI is InChI=1S/C22H17ClFN5O/c1-14-17(24)9-6-11-19(14)29-21(18-10-4-5-12-25-18)20(27-28-29)22(30)26-13-15-7-2-3-8-16(15)23/h2-12H,13H2,1H3,(H,26,30). The third-order valence-electron chi connectivity index (χ3n) is 4.66. The molecule has 0 spiro atoms. The lowest BCUT2D eigenvalue weighted by atomic mass is 10.1. The third kappa shape index (κ3) is 3.79. The molecule has 6 nitrogen and oxygen atoms in total. The molecule has 0 aliphatic heterocycles. The number of nitrogens with zero attached hydrogens (tertiary/aromatic N) is 4. The van der Waals surface area contributed by atoms with E-state index in [1.807, 2.05) is 18.2 Å². The van der Waals surface area contributed by atoms with E-state index in [0.717, 1.165) is 5.56 Å². The number of rotatable bonds is 5. The molecule has 4 rings (SSSR count). The van der Waals surface area contributed by atoms with Crippen LogP contribution in [0.2, 0.25) is 5.02 Å². The number of halogens is 2. The molecular weight excluding hydrogens is 405 g/mol. The Morgan fingerprint density at radius 2 is 1.90 bits per heavy atom. The summed E-state index contributed by atoms with van der Waals surface area (Å²) < 4.78 is 15.6. The molecule has 0 unspecified atom stereocenters. The van der Waals surface area contributed by atoms with E-state index in [1.54, 1.807) is 49.5 Å². The maximum Gasteiger partial charge on any atom is 0.274 e. The number of aromatic nitrogens is 4. The lowest BCUT2D eigenvalue weighted by Crippen LogP contribution is -2.24. The Morgan fingerprint density at radius 3 is 2.67 bits per heavy atom. The van der Waals surface area contributed by atoms with Gasteiger partial charge in [-0.2, -0.15) is 0 Å². The quantitative estimate of drug-likeness (QED) is 0.519. The predicted octanol–water partition coefficient (Wildman–Crippen LogP) is 4.36. The van der Waals surface area contributed by atoms with Crippen LogP contribution in [0.3, 0.4) is 0 Å². The van der Waals surface area contributed by atoms with Crippen molar-refractivity contribution in [2.75, 3.05) is 0 Å². The van der Waals surface area contributed by atoms with Crippen molar-refractivity contribution in [3.05, 3.63) is 94.5 Å². The molecule has 150 valence electrons. The summed E-state index contributed by atoms with van der Waals surface area (Å²) in [7, 11) is 0. The number of nitrogens with one attached hydrogen (secondary N) is 1. The molecule has 1 N–H and O–H groups in total. The number of benzene rings is 2. The van der Waals surface area contributed by atoms with E-state index in [9.17, 15) is 9.18 Å². The highest BCUT2D eigenvalue weighted by Gasteiger charge is 2.24. The van der Waals surface area contributed by atoms with Crippen molar-refractivity contribution >= 4 is 17.5 Å². The van der Waals surface area contributed by atoms with Crippen LogP contribution in [0.25, 0.3) is 17.1 Å². The second kappa shape index (κ2) is 8.42. The zero-order valence-corrected chi connectivity index (χ0v) is 16.8. The molecule has 8 heteroatoms. The van der Waals surface area contributed by atoms with Crippen LogP contribution in [0, 0.1) is 12.7 Å². The van der Waals surface area contributed by atoms with E-state index < -0.39 is 5.91 Å². The second-order valence-electron chi connectivity index (χ2n) is 6.57. The van der Waals surface area contributed by atoms with Crippen molar-refractivity contribution in [1.82, 2.24) is 25.3 Å². The topological polar surface area (TPSA) is 72.7 Å². The van der Waals surface area contributed by atoms with Crippen LogP contribution in [-0.4, -0.2) is 25.9 Å². The average Bonchev–Trinajstić information content (AvgIpc) is 3.20. The first kappa shape index (κ1) is 19.7. The van der Waals surface area contributed by atoms with Gasteiger partial charge >= 0.3 is 0 Å². The normalized spacial score (nSPS) is 10.8. The van der Waals surface area contributed by atoms with Gasteiger partial charge in [0.2, 0.25) is 0 Å². The summed E-state index contributed by atoms with van der Waals surface area (Å²) in [5.74, 6) is -0.810. The van der Waals surface area contributed by atoms with Gasteiger partial charge in [0.05, 0.1) is 11.4 Å². The molecule has 30 heavy (non-hydrogen) atoms. The first-order valence-corrected chi connectivity index (χ1v) is 9.58. The summed E-state index contributed by atoms with van der Waals surface area (Å²) in [4.78, 5) is 17.3. The van der Waals surface area contributed by atoms with Crippen LogP contribution < -0.4 is 5.32 Å². The lowest BCUT2D eigenvalue weighted by Gasteiger charge is -2.11. The van der Waals surface area contributed by atoms with Gasteiger partial charge in [0.25, 0.3) is 5.91 Å². The fourth-order valence-electron chi connectivity index (χ4n) is 3.06. The number of carbonyl (C=O) groups excluding carboxylic acids is 1. The summed E-state index contributed by atoms with van der Waals surface area (Å²) in [6.07, 6.45) is 1.61. The van der Waals surface area contributed by atoms with E-state index in [-0.39, 0.29) is 18.1 Å². The summed E-state index contributed by atoms with van der Waals surface area (Å²) in [6, 6.07) is 17.2. The van der Waals surface area contributed by atoms with E-state index in [4.69, 9.17) is 11.6 Å². The minimum absolute atomic E-state index is 0.0874. The van der Waals surface area contributed by atoms with Gasteiger partial charge in [0, 0.05) is 23.3 Å². The average molecular weight is 422 g/mol.